The van der Waals surface area contributed by atoms with Gasteiger partial charge in [0.2, 0.25) is 5.91 Å². The van der Waals surface area contributed by atoms with Crippen molar-refractivity contribution >= 4 is 23.3 Å². The molecule has 0 unspecified atom stereocenters. The zero-order valence-electron chi connectivity index (χ0n) is 17.2. The molecular formula is C22H33ClN2O3. The maximum absolute atomic E-state index is 13.1. The molecule has 1 aliphatic heterocycles. The van der Waals surface area contributed by atoms with E-state index in [2.05, 4.69) is 0 Å². The van der Waals surface area contributed by atoms with Crippen molar-refractivity contribution in [2.75, 3.05) is 13.2 Å². The molecule has 3 N–H and O–H groups in total. The normalized spacial score (nSPS) is 18.4. The fourth-order valence-corrected chi connectivity index (χ4v) is 4.27. The minimum absolute atomic E-state index is 0.0113. The topological polar surface area (TPSA) is 83.6 Å². The number of amides is 1. The number of nitrogens with zero attached hydrogens (tertiary/aromatic N) is 1. The number of ketones is 1. The Morgan fingerprint density at radius 3 is 2.64 bits per heavy atom. The zero-order chi connectivity index (χ0) is 20.9. The van der Waals surface area contributed by atoms with E-state index >= 15 is 0 Å². The van der Waals surface area contributed by atoms with Crippen molar-refractivity contribution < 1.29 is 14.7 Å². The molecule has 1 aromatic carbocycles. The van der Waals surface area contributed by atoms with Crippen LogP contribution < -0.4 is 5.73 Å². The predicted octanol–water partition coefficient (Wildman–Crippen LogP) is 3.34. The van der Waals surface area contributed by atoms with Crippen LogP contribution in [0.3, 0.4) is 0 Å². The second-order valence-corrected chi connectivity index (χ2v) is 9.14. The van der Waals surface area contributed by atoms with Crippen LogP contribution in [0.5, 0.6) is 0 Å². The molecule has 1 saturated heterocycles. The number of aliphatic hydroxyl groups excluding tert-OH is 1. The molecule has 2 atom stereocenters. The van der Waals surface area contributed by atoms with E-state index in [4.69, 9.17) is 17.3 Å². The number of Topliss-reactive ketones (excluding diaryl/α,β-unsaturated/α-hetero) is 1. The molecule has 5 nitrogen and oxygen atoms in total. The number of aryl methyl sites for hydroxylation is 1. The van der Waals surface area contributed by atoms with E-state index < -0.39 is 0 Å². The van der Waals surface area contributed by atoms with E-state index in [0.29, 0.717) is 43.8 Å². The van der Waals surface area contributed by atoms with E-state index in [9.17, 15) is 14.7 Å². The van der Waals surface area contributed by atoms with E-state index in [1.807, 2.05) is 32.9 Å². The first-order chi connectivity index (χ1) is 13.2. The number of aliphatic hydroxyl groups is 1. The Morgan fingerprint density at radius 1 is 1.32 bits per heavy atom. The molecular weight excluding hydrogens is 376 g/mol. The van der Waals surface area contributed by atoms with E-state index in [1.165, 1.54) is 0 Å². The lowest BCUT2D eigenvalue weighted by Crippen LogP contribution is -2.46. The first kappa shape index (κ1) is 22.9. The second-order valence-electron chi connectivity index (χ2n) is 8.70. The van der Waals surface area contributed by atoms with Crippen molar-refractivity contribution in [3.63, 3.8) is 0 Å². The van der Waals surface area contributed by atoms with Gasteiger partial charge in [0.1, 0.15) is 0 Å². The third-order valence-corrected chi connectivity index (χ3v) is 5.93. The minimum atomic E-state index is -0.364. The molecule has 1 aliphatic rings. The molecule has 0 saturated carbocycles. The number of rotatable bonds is 8. The number of nitrogens with two attached hydrogens (primary N) is 1. The number of carbonyl (C=O) groups excluding carboxylic acids is 2. The maximum Gasteiger partial charge on any atom is 0.226 e. The highest BCUT2D eigenvalue weighted by atomic mass is 35.5. The second kappa shape index (κ2) is 9.86. The molecule has 0 aromatic heterocycles. The van der Waals surface area contributed by atoms with Gasteiger partial charge in [0, 0.05) is 37.1 Å². The van der Waals surface area contributed by atoms with Crippen LogP contribution >= 0.6 is 11.6 Å². The minimum Gasteiger partial charge on any atom is -0.396 e. The average Bonchev–Trinajstić information content (AvgIpc) is 3.12. The molecule has 156 valence electrons. The van der Waals surface area contributed by atoms with Crippen LogP contribution in [0.2, 0.25) is 5.02 Å². The van der Waals surface area contributed by atoms with Crippen LogP contribution in [-0.2, 0) is 22.6 Å². The highest BCUT2D eigenvalue weighted by Gasteiger charge is 2.40. The Balaban J connectivity index is 2.08. The SMILES string of the molecule is CC(C)(C)[C@@H](CCO)C(=O)N1CCC[C@H]1C(=O)CCc1cc(Cl)ccc1CN. The van der Waals surface area contributed by atoms with Gasteiger partial charge in [-0.25, -0.2) is 0 Å². The van der Waals surface area contributed by atoms with Crippen molar-refractivity contribution in [2.24, 2.45) is 17.1 Å². The molecule has 0 radical (unpaired) electrons. The number of benzene rings is 1. The van der Waals surface area contributed by atoms with Gasteiger partial charge in [-0.2, -0.15) is 0 Å². The van der Waals surface area contributed by atoms with Crippen molar-refractivity contribution in [3.8, 4) is 0 Å². The van der Waals surface area contributed by atoms with E-state index in [1.54, 1.807) is 11.0 Å². The highest BCUT2D eigenvalue weighted by molar-refractivity contribution is 6.30. The molecule has 1 amide bonds. The summed E-state index contributed by atoms with van der Waals surface area (Å²) in [5.41, 5.74) is 7.52. The number of carbonyl (C=O) groups is 2. The summed E-state index contributed by atoms with van der Waals surface area (Å²) in [7, 11) is 0. The Labute approximate surface area is 173 Å². The molecule has 2 rings (SSSR count). The molecule has 6 heteroatoms. The van der Waals surface area contributed by atoms with Crippen molar-refractivity contribution in [3.05, 3.63) is 34.3 Å². The fourth-order valence-electron chi connectivity index (χ4n) is 4.07. The Kier molecular flexibility index (Phi) is 8.05. The van der Waals surface area contributed by atoms with Gasteiger partial charge in [-0.1, -0.05) is 38.4 Å². The highest BCUT2D eigenvalue weighted by Crippen LogP contribution is 2.33. The lowest BCUT2D eigenvalue weighted by atomic mass is 9.78. The molecule has 1 heterocycles. The standard InChI is InChI=1S/C22H33ClN2O3/c1-22(2,3)18(10-12-26)21(28)25-11-4-5-19(25)20(27)9-7-15-13-17(23)8-6-16(15)14-24/h6,8,13,18-19,26H,4-5,7,9-12,14,24H2,1-3H3/t18-,19-/m0/s1. The van der Waals surface area contributed by atoms with Gasteiger partial charge < -0.3 is 15.7 Å². The first-order valence-corrected chi connectivity index (χ1v) is 10.5. The number of hydrogen-bond acceptors (Lipinski definition) is 4. The van der Waals surface area contributed by atoms with Gasteiger partial charge in [-0.15, -0.1) is 0 Å². The van der Waals surface area contributed by atoms with Crippen LogP contribution in [0.4, 0.5) is 0 Å². The third kappa shape index (κ3) is 5.56. The molecule has 28 heavy (non-hydrogen) atoms. The average molecular weight is 409 g/mol. The predicted molar refractivity (Wildman–Crippen MR) is 112 cm³/mol. The van der Waals surface area contributed by atoms with E-state index in [0.717, 1.165) is 17.5 Å². The van der Waals surface area contributed by atoms with Crippen molar-refractivity contribution in [1.82, 2.24) is 4.90 Å². The maximum atomic E-state index is 13.1. The monoisotopic (exact) mass is 408 g/mol. The number of likely N-dealkylation sites (tertiary alicyclic amines) is 1. The van der Waals surface area contributed by atoms with Gasteiger partial charge in [0.05, 0.1) is 6.04 Å². The fraction of sp³-hybridized carbons (Fsp3) is 0.636. The molecule has 0 spiro atoms. The molecule has 0 bridgehead atoms. The molecule has 1 fully saturated rings. The largest absolute Gasteiger partial charge is 0.396 e. The van der Waals surface area contributed by atoms with Gasteiger partial charge >= 0.3 is 0 Å². The smallest absolute Gasteiger partial charge is 0.226 e. The van der Waals surface area contributed by atoms with Crippen molar-refractivity contribution in [2.45, 2.75) is 65.5 Å². The lowest BCUT2D eigenvalue weighted by molar-refractivity contribution is -0.144. The van der Waals surface area contributed by atoms with Crippen LogP contribution in [-0.4, -0.2) is 40.9 Å². The summed E-state index contributed by atoms with van der Waals surface area (Å²) in [5.74, 6) is -0.212. The summed E-state index contributed by atoms with van der Waals surface area (Å²) in [6.07, 6.45) is 2.90. The van der Waals surface area contributed by atoms with Crippen LogP contribution in [0.15, 0.2) is 18.2 Å². The van der Waals surface area contributed by atoms with Crippen LogP contribution in [0, 0.1) is 11.3 Å². The number of hydrogen-bond donors (Lipinski definition) is 2. The molecule has 1 aromatic rings. The summed E-state index contributed by atoms with van der Waals surface area (Å²) < 4.78 is 0. The van der Waals surface area contributed by atoms with Gasteiger partial charge in [-0.3, -0.25) is 9.59 Å². The summed E-state index contributed by atoms with van der Waals surface area (Å²) in [5, 5.41) is 10.0. The van der Waals surface area contributed by atoms with Crippen LogP contribution in [0.1, 0.15) is 57.6 Å². The first-order valence-electron chi connectivity index (χ1n) is 10.1. The van der Waals surface area contributed by atoms with Gasteiger partial charge in [0.15, 0.2) is 5.78 Å². The summed E-state index contributed by atoms with van der Waals surface area (Å²) in [6.45, 7) is 7.00. The quantitative estimate of drug-likeness (QED) is 0.690. The lowest BCUT2D eigenvalue weighted by Gasteiger charge is -2.34. The Morgan fingerprint density at radius 2 is 2.04 bits per heavy atom. The summed E-state index contributed by atoms with van der Waals surface area (Å²) >= 11 is 6.09. The Bertz CT molecular complexity index is 700. The van der Waals surface area contributed by atoms with E-state index in [-0.39, 0.29) is 35.7 Å². The zero-order valence-corrected chi connectivity index (χ0v) is 18.0. The van der Waals surface area contributed by atoms with Gasteiger partial charge in [-0.05, 0) is 54.4 Å². The summed E-state index contributed by atoms with van der Waals surface area (Å²) in [6, 6.07) is 5.21. The summed E-state index contributed by atoms with van der Waals surface area (Å²) in [4.78, 5) is 27.8. The number of halogens is 1. The van der Waals surface area contributed by atoms with Crippen molar-refractivity contribution in [1.29, 1.82) is 0 Å². The van der Waals surface area contributed by atoms with Gasteiger partial charge in [0.25, 0.3) is 0 Å². The Hall–Kier alpha value is -1.43. The third-order valence-electron chi connectivity index (χ3n) is 5.70. The molecule has 0 aliphatic carbocycles. The van der Waals surface area contributed by atoms with Crippen LogP contribution in [0.25, 0.3) is 0 Å².